The van der Waals surface area contributed by atoms with Gasteiger partial charge in [-0.1, -0.05) is 6.08 Å². The van der Waals surface area contributed by atoms with E-state index in [0.717, 1.165) is 0 Å². The van der Waals surface area contributed by atoms with E-state index >= 15 is 0 Å². The lowest BCUT2D eigenvalue weighted by Gasteiger charge is -2.15. The number of rotatable bonds is 5. The van der Waals surface area contributed by atoms with Crippen LogP contribution in [-0.4, -0.2) is 29.8 Å². The van der Waals surface area contributed by atoms with Crippen molar-refractivity contribution < 1.29 is 14.6 Å². The minimum absolute atomic E-state index is 0. The quantitative estimate of drug-likeness (QED) is 0.624. The molecule has 0 spiro atoms. The van der Waals surface area contributed by atoms with Crippen LogP contribution in [0.1, 0.15) is 6.92 Å². The van der Waals surface area contributed by atoms with Gasteiger partial charge in [0.2, 0.25) is 0 Å². The molecule has 3 N–H and O–H groups in total. The molecule has 0 rings (SSSR count). The van der Waals surface area contributed by atoms with Crippen LogP contribution in [0.3, 0.4) is 0 Å². The summed E-state index contributed by atoms with van der Waals surface area (Å²) < 4.78 is 4.99. The summed E-state index contributed by atoms with van der Waals surface area (Å²) in [7, 11) is 0. The fourth-order valence-electron chi connectivity index (χ4n) is 0.524. The van der Waals surface area contributed by atoms with Crippen molar-refractivity contribution in [2.45, 2.75) is 19.1 Å². The van der Waals surface area contributed by atoms with Gasteiger partial charge in [-0.3, -0.25) is 4.79 Å². The highest BCUT2D eigenvalue weighted by Crippen LogP contribution is 1.95. The molecule has 0 heterocycles. The van der Waals surface area contributed by atoms with Crippen molar-refractivity contribution in [1.82, 2.24) is 0 Å². The zero-order valence-corrected chi connectivity index (χ0v) is 7.71. The molecular formula is C7H14ClNO3. The molecule has 0 radical (unpaired) electrons. The lowest BCUT2D eigenvalue weighted by Crippen LogP contribution is -2.41. The van der Waals surface area contributed by atoms with Crippen LogP contribution in [0.25, 0.3) is 0 Å². The lowest BCUT2D eigenvalue weighted by molar-refractivity contribution is -0.141. The Kier molecular flexibility index (Phi) is 8.26. The first kappa shape index (κ1) is 14.0. The maximum absolute atomic E-state index is 10.3. The van der Waals surface area contributed by atoms with Crippen LogP contribution in [0.4, 0.5) is 0 Å². The number of carboxylic acids is 1. The van der Waals surface area contributed by atoms with Crippen molar-refractivity contribution in [2.24, 2.45) is 5.73 Å². The van der Waals surface area contributed by atoms with Gasteiger partial charge in [-0.15, -0.1) is 19.0 Å². The standard InChI is InChI=1S/C7H13NO3.ClH/c1-3-4-11-5(2)6(8)7(9)10;/h3,5-6H,1,4,8H2,2H3,(H,9,10);1H. The average Bonchev–Trinajstić information content (AvgIpc) is 1.98. The lowest BCUT2D eigenvalue weighted by atomic mass is 10.2. The van der Waals surface area contributed by atoms with Gasteiger partial charge in [0.15, 0.2) is 0 Å². The molecule has 0 bridgehead atoms. The molecule has 4 nitrogen and oxygen atoms in total. The summed E-state index contributed by atoms with van der Waals surface area (Å²) in [6.07, 6.45) is 1.07. The van der Waals surface area contributed by atoms with Crippen LogP contribution in [0.15, 0.2) is 12.7 Å². The van der Waals surface area contributed by atoms with Crippen LogP contribution in [-0.2, 0) is 9.53 Å². The number of halogens is 1. The Hall–Kier alpha value is -0.580. The Morgan fingerprint density at radius 2 is 2.33 bits per heavy atom. The van der Waals surface area contributed by atoms with Gasteiger partial charge < -0.3 is 15.6 Å². The average molecular weight is 196 g/mol. The smallest absolute Gasteiger partial charge is 0.323 e. The SMILES string of the molecule is C=CCOC(C)C(N)C(=O)O.Cl. The van der Waals surface area contributed by atoms with E-state index in [9.17, 15) is 4.79 Å². The van der Waals surface area contributed by atoms with E-state index in [2.05, 4.69) is 6.58 Å². The van der Waals surface area contributed by atoms with Crippen LogP contribution < -0.4 is 5.73 Å². The number of carbonyl (C=O) groups is 1. The minimum Gasteiger partial charge on any atom is -0.480 e. The molecule has 2 unspecified atom stereocenters. The summed E-state index contributed by atoms with van der Waals surface area (Å²) in [4.78, 5) is 10.3. The summed E-state index contributed by atoms with van der Waals surface area (Å²) in [5, 5.41) is 8.42. The fraction of sp³-hybridized carbons (Fsp3) is 0.571. The fourth-order valence-corrected chi connectivity index (χ4v) is 0.524. The number of aliphatic carboxylic acids is 1. The topological polar surface area (TPSA) is 72.5 Å². The Bertz CT molecular complexity index is 152. The van der Waals surface area contributed by atoms with Crippen LogP contribution >= 0.6 is 12.4 Å². The summed E-state index contributed by atoms with van der Waals surface area (Å²) in [6.45, 7) is 5.36. The van der Waals surface area contributed by atoms with E-state index < -0.39 is 18.1 Å². The van der Waals surface area contributed by atoms with Gasteiger partial charge in [0.25, 0.3) is 0 Å². The van der Waals surface area contributed by atoms with E-state index in [1.165, 1.54) is 0 Å². The molecule has 0 aliphatic rings. The van der Waals surface area contributed by atoms with Crippen molar-refractivity contribution in [3.63, 3.8) is 0 Å². The van der Waals surface area contributed by atoms with Gasteiger partial charge in [-0.25, -0.2) is 0 Å². The number of ether oxygens (including phenoxy) is 1. The van der Waals surface area contributed by atoms with Gasteiger partial charge in [0.1, 0.15) is 6.04 Å². The molecule has 72 valence electrons. The first-order valence-electron chi connectivity index (χ1n) is 3.30. The highest BCUT2D eigenvalue weighted by molar-refractivity contribution is 5.85. The minimum atomic E-state index is -1.05. The van der Waals surface area contributed by atoms with Crippen LogP contribution in [0.2, 0.25) is 0 Å². The number of carboxylic acid groups (broad SMARTS) is 1. The zero-order chi connectivity index (χ0) is 8.85. The molecule has 12 heavy (non-hydrogen) atoms. The Balaban J connectivity index is 0. The molecule has 5 heteroatoms. The molecule has 0 fully saturated rings. The molecule has 0 aromatic carbocycles. The molecule has 0 aromatic heterocycles. The second-order valence-corrected chi connectivity index (χ2v) is 2.19. The second-order valence-electron chi connectivity index (χ2n) is 2.19. The molecule has 0 aromatic rings. The molecule has 0 saturated heterocycles. The Labute approximate surface area is 77.8 Å². The maximum Gasteiger partial charge on any atom is 0.323 e. The predicted octanol–water partition coefficient (Wildman–Crippen LogP) is 0.411. The molecule has 0 amide bonds. The molecule has 0 aliphatic carbocycles. The first-order chi connectivity index (χ1) is 5.09. The van der Waals surface area contributed by atoms with E-state index in [0.29, 0.717) is 6.61 Å². The van der Waals surface area contributed by atoms with E-state index in [1.807, 2.05) is 0 Å². The van der Waals surface area contributed by atoms with E-state index in [4.69, 9.17) is 15.6 Å². The predicted molar refractivity (Wildman–Crippen MR) is 48.5 cm³/mol. The van der Waals surface area contributed by atoms with E-state index in [-0.39, 0.29) is 12.4 Å². The third-order valence-electron chi connectivity index (χ3n) is 1.27. The van der Waals surface area contributed by atoms with Crippen LogP contribution in [0, 0.1) is 0 Å². The van der Waals surface area contributed by atoms with E-state index in [1.54, 1.807) is 13.0 Å². The van der Waals surface area contributed by atoms with Gasteiger partial charge in [-0.05, 0) is 6.92 Å². The number of hydrogen-bond donors (Lipinski definition) is 2. The molecule has 0 aliphatic heterocycles. The zero-order valence-electron chi connectivity index (χ0n) is 6.90. The van der Waals surface area contributed by atoms with Gasteiger partial charge >= 0.3 is 5.97 Å². The number of hydrogen-bond acceptors (Lipinski definition) is 3. The molecule has 2 atom stereocenters. The van der Waals surface area contributed by atoms with Crippen molar-refractivity contribution in [2.75, 3.05) is 6.61 Å². The Morgan fingerprint density at radius 1 is 1.83 bits per heavy atom. The second kappa shape index (κ2) is 7.09. The van der Waals surface area contributed by atoms with Gasteiger partial charge in [0.05, 0.1) is 12.7 Å². The third-order valence-corrected chi connectivity index (χ3v) is 1.27. The monoisotopic (exact) mass is 195 g/mol. The normalized spacial score (nSPS) is 14.2. The van der Waals surface area contributed by atoms with Gasteiger partial charge in [0, 0.05) is 0 Å². The van der Waals surface area contributed by atoms with Gasteiger partial charge in [-0.2, -0.15) is 0 Å². The van der Waals surface area contributed by atoms with Crippen molar-refractivity contribution >= 4 is 18.4 Å². The number of nitrogens with two attached hydrogens (primary N) is 1. The van der Waals surface area contributed by atoms with Crippen molar-refractivity contribution in [1.29, 1.82) is 0 Å². The Morgan fingerprint density at radius 3 is 2.67 bits per heavy atom. The van der Waals surface area contributed by atoms with Crippen LogP contribution in [0.5, 0.6) is 0 Å². The van der Waals surface area contributed by atoms with Crippen molar-refractivity contribution in [3.8, 4) is 0 Å². The largest absolute Gasteiger partial charge is 0.480 e. The highest BCUT2D eigenvalue weighted by Gasteiger charge is 2.19. The highest BCUT2D eigenvalue weighted by atomic mass is 35.5. The molecular weight excluding hydrogens is 182 g/mol. The summed E-state index contributed by atoms with van der Waals surface area (Å²) in [5.41, 5.74) is 5.24. The van der Waals surface area contributed by atoms with Crippen molar-refractivity contribution in [3.05, 3.63) is 12.7 Å². The third kappa shape index (κ3) is 5.12. The molecule has 0 saturated carbocycles. The first-order valence-corrected chi connectivity index (χ1v) is 3.30. The summed E-state index contributed by atoms with van der Waals surface area (Å²) in [6, 6.07) is -0.963. The maximum atomic E-state index is 10.3. The summed E-state index contributed by atoms with van der Waals surface area (Å²) in [5.74, 6) is -1.05. The summed E-state index contributed by atoms with van der Waals surface area (Å²) >= 11 is 0.